The number of ether oxygens (including phenoxy) is 12. The Morgan fingerprint density at radius 3 is 0.935 bits per heavy atom. The van der Waals surface area contributed by atoms with Gasteiger partial charge in [0, 0.05) is 34.4 Å². The zero-order valence-electron chi connectivity index (χ0n) is 60.3. The molecular formula is C75H54O48. The molecule has 0 spiro atoms. The molecule has 0 unspecified atom stereocenters. The zero-order valence-corrected chi connectivity index (χ0v) is 60.3. The number of benzene rings is 9. The summed E-state index contributed by atoms with van der Waals surface area (Å²) in [6.07, 6.45) is -27.3. The summed E-state index contributed by atoms with van der Waals surface area (Å²) >= 11 is 0. The van der Waals surface area contributed by atoms with Crippen LogP contribution >= 0.6 is 0 Å². The molecule has 0 aromatic heterocycles. The van der Waals surface area contributed by atoms with E-state index in [0.717, 1.165) is 0 Å². The predicted octanol–water partition coefficient (Wildman–Crippen LogP) is 2.75. The van der Waals surface area contributed by atoms with Gasteiger partial charge in [0.15, 0.2) is 163 Å². The Morgan fingerprint density at radius 1 is 0.285 bits per heavy atom. The highest BCUT2D eigenvalue weighted by atomic mass is 16.8. The molecule has 48 nitrogen and oxygen atoms in total. The van der Waals surface area contributed by atoms with Crippen molar-refractivity contribution in [2.45, 2.75) is 61.4 Å². The number of fused-ring (bicyclic) bond motifs is 8. The summed E-state index contributed by atoms with van der Waals surface area (Å²) in [4.78, 5) is 132. The summed E-state index contributed by atoms with van der Waals surface area (Å²) in [7, 11) is 0. The molecule has 2 fully saturated rings. The predicted molar refractivity (Wildman–Crippen MR) is 380 cm³/mol. The molecule has 2 saturated heterocycles. The molecule has 0 radical (unpaired) electrons. The maximum absolute atomic E-state index is 15.4. The molecule has 0 amide bonds. The van der Waals surface area contributed by atoms with Gasteiger partial charge in [0.05, 0.1) is 44.5 Å². The molecule has 4 aliphatic rings. The molecule has 123 heavy (non-hydrogen) atoms. The van der Waals surface area contributed by atoms with Gasteiger partial charge in [-0.25, -0.2) is 43.2 Å². The van der Waals surface area contributed by atoms with E-state index in [9.17, 15) is 176 Å². The Bertz CT molecular complexity index is 5970. The second kappa shape index (κ2) is 31.3. The number of aliphatic hydroxyl groups excluding tert-OH is 1. The fraction of sp³-hybridized carbons (Fsp3) is 0.160. The highest BCUT2D eigenvalue weighted by Crippen LogP contribution is 2.58. The summed E-state index contributed by atoms with van der Waals surface area (Å²) in [6, 6.07) is 4.60. The number of carbonyl (C=O) groups excluding carboxylic acids is 9. The zero-order chi connectivity index (χ0) is 89.7. The summed E-state index contributed by atoms with van der Waals surface area (Å²) in [5.74, 6) is -58.4. The second-order valence-corrected chi connectivity index (χ2v) is 26.5. The number of hydrogen-bond donors (Lipinski definition) is 27. The first kappa shape index (κ1) is 83.6. The van der Waals surface area contributed by atoms with E-state index in [4.69, 9.17) is 56.8 Å². The van der Waals surface area contributed by atoms with Crippen LogP contribution in [-0.4, -0.2) is 266 Å². The summed E-state index contributed by atoms with van der Waals surface area (Å²) < 4.78 is 67.7. The SMILES string of the molecule is O=C(O[C@@H]1[C@@H](OC(=O)c2cc(O)c(O)c(O)c2)[C@@H](O)O[C@@H]2COC(=O)c3cc(Oc4c(C(=O)O[C@@H]5O[C@@H]6COC(=O)c7cc(O)c(O)c(O)c7-c7c(cc(O)c(O)c7O)C(=O)O[C@H]6[C@H](OC(=O)c6cc(O)c(O)c(O)c6)[C@H]5OC(=O)c5cc(O)c(O)c(O)c5)cc(O)c(O)c4O)c(O)c(O)c3-c3c(cc(O)c(O)c3O)C(=O)O[C@@H]12)c1cc(O)c(O)c(O)c1. The average molecular weight is 1720 g/mol. The number of carbonyl (C=O) groups is 9. The van der Waals surface area contributed by atoms with E-state index in [1.807, 2.05) is 0 Å². The average Bonchev–Trinajstić information content (AvgIpc) is 1.73. The molecule has 4 aliphatic heterocycles. The van der Waals surface area contributed by atoms with Crippen molar-refractivity contribution in [3.8, 4) is 183 Å². The monoisotopic (exact) mass is 1720 g/mol. The fourth-order valence-electron chi connectivity index (χ4n) is 12.9. The van der Waals surface area contributed by atoms with Crippen molar-refractivity contribution in [3.63, 3.8) is 0 Å². The van der Waals surface area contributed by atoms with Crippen LogP contribution in [0.15, 0.2) is 78.9 Å². The van der Waals surface area contributed by atoms with Crippen molar-refractivity contribution in [1.82, 2.24) is 0 Å². The largest absolute Gasteiger partial charge is 0.504 e. The van der Waals surface area contributed by atoms with Crippen LogP contribution in [0.2, 0.25) is 0 Å². The molecule has 642 valence electrons. The molecule has 9 aromatic rings. The van der Waals surface area contributed by atoms with E-state index in [2.05, 4.69) is 0 Å². The summed E-state index contributed by atoms with van der Waals surface area (Å²) in [6.45, 7) is -3.07. The number of phenols is 26. The maximum Gasteiger partial charge on any atom is 0.344 e. The first-order chi connectivity index (χ1) is 57.9. The Morgan fingerprint density at radius 2 is 0.569 bits per heavy atom. The molecule has 0 bridgehead atoms. The molecule has 0 saturated carbocycles. The third-order valence-corrected chi connectivity index (χ3v) is 18.9. The normalized spacial score (nSPS) is 19.8. The van der Waals surface area contributed by atoms with Crippen LogP contribution in [0.5, 0.6) is 161 Å². The van der Waals surface area contributed by atoms with Crippen molar-refractivity contribution in [2.24, 2.45) is 0 Å². The van der Waals surface area contributed by atoms with Crippen molar-refractivity contribution >= 4 is 53.7 Å². The lowest BCUT2D eigenvalue weighted by atomic mass is 9.91. The van der Waals surface area contributed by atoms with Crippen LogP contribution in [-0.2, 0) is 52.1 Å². The minimum atomic E-state index is -3.09. The number of cyclic esters (lactones) is 2. The van der Waals surface area contributed by atoms with Crippen LogP contribution in [0, 0.1) is 0 Å². The molecule has 10 atom stereocenters. The van der Waals surface area contributed by atoms with Crippen LogP contribution in [0.3, 0.4) is 0 Å². The van der Waals surface area contributed by atoms with Gasteiger partial charge in [-0.1, -0.05) is 0 Å². The number of aliphatic hydroxyl groups is 1. The Balaban J connectivity index is 0.927. The Kier molecular flexibility index (Phi) is 21.3. The first-order valence-electron chi connectivity index (χ1n) is 34.1. The Hall–Kier alpha value is -17.3. The second-order valence-electron chi connectivity index (χ2n) is 26.5. The number of rotatable bonds is 12. The van der Waals surface area contributed by atoms with Gasteiger partial charge in [0.25, 0.3) is 0 Å². The van der Waals surface area contributed by atoms with E-state index in [-0.39, 0.29) is 24.3 Å². The van der Waals surface area contributed by atoms with E-state index in [1.54, 1.807) is 0 Å². The van der Waals surface area contributed by atoms with Crippen LogP contribution in [0.25, 0.3) is 22.3 Å². The first-order valence-corrected chi connectivity index (χ1v) is 34.1. The maximum atomic E-state index is 15.4. The summed E-state index contributed by atoms with van der Waals surface area (Å²) in [5.41, 5.74) is -16.0. The minimum Gasteiger partial charge on any atom is -0.504 e. The molecule has 48 heteroatoms. The van der Waals surface area contributed by atoms with Crippen molar-refractivity contribution in [2.75, 3.05) is 13.2 Å². The number of hydrogen-bond acceptors (Lipinski definition) is 48. The Labute approximate surface area is 676 Å². The van der Waals surface area contributed by atoms with Gasteiger partial charge in [-0.2, -0.15) is 0 Å². The molecule has 4 heterocycles. The summed E-state index contributed by atoms with van der Waals surface area (Å²) in [5, 5.41) is 293. The van der Waals surface area contributed by atoms with Gasteiger partial charge >= 0.3 is 53.7 Å². The number of phenolic OH excluding ortho intramolecular Hbond substituents is 26. The smallest absolute Gasteiger partial charge is 0.344 e. The highest BCUT2D eigenvalue weighted by molar-refractivity contribution is 6.10. The lowest BCUT2D eigenvalue weighted by molar-refractivity contribution is -0.284. The molecular weight excluding hydrogens is 1670 g/mol. The van der Waals surface area contributed by atoms with Crippen LogP contribution in [0.1, 0.15) is 93.2 Å². The van der Waals surface area contributed by atoms with Gasteiger partial charge in [-0.15, -0.1) is 0 Å². The lowest BCUT2D eigenvalue weighted by Gasteiger charge is -2.43. The van der Waals surface area contributed by atoms with Crippen molar-refractivity contribution < 1.29 is 238 Å². The third kappa shape index (κ3) is 14.8. The molecule has 0 aliphatic carbocycles. The van der Waals surface area contributed by atoms with Gasteiger partial charge < -0.3 is 195 Å². The van der Waals surface area contributed by atoms with Crippen molar-refractivity contribution in [1.29, 1.82) is 0 Å². The fourth-order valence-corrected chi connectivity index (χ4v) is 12.9. The number of esters is 9. The highest BCUT2D eigenvalue weighted by Gasteiger charge is 2.57. The van der Waals surface area contributed by atoms with E-state index >= 15 is 4.79 Å². The quantitative estimate of drug-likeness (QED) is 0.0475. The topological polar surface area (TPSA) is 811 Å². The van der Waals surface area contributed by atoms with Gasteiger partial charge in [-0.3, -0.25) is 0 Å². The van der Waals surface area contributed by atoms with Crippen molar-refractivity contribution in [3.05, 3.63) is 129 Å². The third-order valence-electron chi connectivity index (χ3n) is 18.9. The van der Waals surface area contributed by atoms with Gasteiger partial charge in [-0.05, 0) is 66.7 Å². The van der Waals surface area contributed by atoms with Crippen LogP contribution < -0.4 is 4.74 Å². The van der Waals surface area contributed by atoms with E-state index in [1.165, 1.54) is 0 Å². The van der Waals surface area contributed by atoms with E-state index in [0.29, 0.717) is 54.6 Å². The number of aromatic hydroxyl groups is 26. The lowest BCUT2D eigenvalue weighted by Crippen LogP contribution is -2.63. The molecule has 9 aromatic carbocycles. The van der Waals surface area contributed by atoms with Gasteiger partial charge in [0.2, 0.25) is 46.9 Å². The minimum absolute atomic E-state index is 0.108. The van der Waals surface area contributed by atoms with E-state index < -0.39 is 362 Å². The molecule has 13 rings (SSSR count). The van der Waals surface area contributed by atoms with Gasteiger partial charge in [0.1, 0.15) is 31.0 Å². The van der Waals surface area contributed by atoms with Crippen LogP contribution in [0.4, 0.5) is 0 Å². The molecule has 27 N–H and O–H groups in total. The standard InChI is InChI=1S/C75H54O48/c76-25-1-16(2-26(77)44(25)88)65(102)119-61-59-38(115-74(111)63(61)121-67(104)18-5-29(80)46(90)30(81)6-18)14-112-70(107)23-13-37(52(96)56(100)43(23)42-22(71(108)117-59)11-35(86)50(94)55(42)99)114-58-24(12-36(87)51(95)57(58)101)73(110)123-75-64(122-68(105)19-7-31(82)47(91)32(83)8-19)62(120-66(103)17-3-27(78)45(89)28(79)4-17)60-39(116-75)15-113-69(106)20-9-33(84)48(92)53(97)40(20)41-21(72(109)118-60)10-34(85)49(93)54(41)98/h1-13,38-39,59-64,74-101,111H,14-15H2/t38-,39-,59-,60-,61+,62+,63-,64-,74+,75+/m1/s1.